The zero-order chi connectivity index (χ0) is 9.19. The normalized spacial score (nSPS) is 24.0. The van der Waals surface area contributed by atoms with Crippen molar-refractivity contribution in [3.63, 3.8) is 0 Å². The molecule has 1 N–H and O–H groups in total. The van der Waals surface area contributed by atoms with Crippen molar-refractivity contribution in [3.05, 3.63) is 23.8 Å². The van der Waals surface area contributed by atoms with E-state index in [-0.39, 0.29) is 10.7 Å². The molecule has 0 saturated carbocycles. The Labute approximate surface area is 78.8 Å². The lowest BCUT2D eigenvalue weighted by Crippen LogP contribution is -2.12. The van der Waals surface area contributed by atoms with Crippen molar-refractivity contribution in [2.75, 3.05) is 0 Å². The van der Waals surface area contributed by atoms with E-state index in [0.717, 1.165) is 18.5 Å². The molecule has 0 bridgehead atoms. The van der Waals surface area contributed by atoms with E-state index in [4.69, 9.17) is 4.55 Å². The van der Waals surface area contributed by atoms with Gasteiger partial charge in [-0.15, -0.1) is 0 Å². The largest absolute Gasteiger partial charge is 0.329 e. The molecule has 1 aliphatic carbocycles. The average molecular weight is 184 g/mol. The first-order chi connectivity index (χ1) is 5.54. The molecule has 2 heteroatoms. The van der Waals surface area contributed by atoms with Crippen molar-refractivity contribution in [3.8, 4) is 0 Å². The van der Waals surface area contributed by atoms with E-state index in [1.807, 2.05) is 0 Å². The van der Waals surface area contributed by atoms with Gasteiger partial charge in [-0.25, -0.2) is 0 Å². The van der Waals surface area contributed by atoms with Gasteiger partial charge in [0.2, 0.25) is 0 Å². The summed E-state index contributed by atoms with van der Waals surface area (Å²) in [5.74, 6) is 0. The van der Waals surface area contributed by atoms with Crippen LogP contribution in [0.1, 0.15) is 27.2 Å². The molecule has 0 aromatic carbocycles. The van der Waals surface area contributed by atoms with Crippen molar-refractivity contribution in [1.82, 2.24) is 0 Å². The maximum Gasteiger partial charge on any atom is 0.0526 e. The first-order valence-corrected chi connectivity index (χ1v) is 5.07. The third kappa shape index (κ3) is 2.39. The Bertz CT molecular complexity index is 210. The molecule has 1 atom stereocenters. The number of hydrogen-bond acceptors (Lipinski definition) is 2. The third-order valence-corrected chi connectivity index (χ3v) is 2.68. The van der Waals surface area contributed by atoms with Crippen LogP contribution in [0.4, 0.5) is 0 Å². The predicted molar refractivity (Wildman–Crippen MR) is 55.3 cm³/mol. The summed E-state index contributed by atoms with van der Waals surface area (Å²) in [6, 6.07) is 0. The second-order valence-corrected chi connectivity index (χ2v) is 4.96. The van der Waals surface area contributed by atoms with Crippen molar-refractivity contribution in [2.45, 2.75) is 32.4 Å². The minimum absolute atomic E-state index is 0.238. The van der Waals surface area contributed by atoms with Crippen molar-refractivity contribution >= 4 is 12.0 Å². The molecule has 1 unspecified atom stereocenters. The molecule has 0 aromatic rings. The molecule has 12 heavy (non-hydrogen) atoms. The topological polar surface area (TPSA) is 20.2 Å². The fourth-order valence-electron chi connectivity index (χ4n) is 1.24. The van der Waals surface area contributed by atoms with Gasteiger partial charge in [0.25, 0.3) is 0 Å². The SMILES string of the molecule is CC(C)(C)C1=CCC(SO)C=C1. The van der Waals surface area contributed by atoms with Crippen LogP contribution < -0.4 is 0 Å². The van der Waals surface area contributed by atoms with E-state index in [2.05, 4.69) is 39.0 Å². The standard InChI is InChI=1S/C10H16OS/c1-10(2,3)8-4-6-9(12-11)7-5-8/h4-6,9,11H,7H2,1-3H3. The summed E-state index contributed by atoms with van der Waals surface area (Å²) in [5, 5.41) is 0.260. The van der Waals surface area contributed by atoms with Gasteiger partial charge in [0, 0.05) is 0 Å². The minimum atomic E-state index is 0.238. The maximum absolute atomic E-state index is 8.82. The summed E-state index contributed by atoms with van der Waals surface area (Å²) in [6.45, 7) is 6.61. The molecule has 68 valence electrons. The third-order valence-electron chi connectivity index (χ3n) is 2.06. The van der Waals surface area contributed by atoms with E-state index in [0.29, 0.717) is 0 Å². The second kappa shape index (κ2) is 3.67. The summed E-state index contributed by atoms with van der Waals surface area (Å²) >= 11 is 0.927. The van der Waals surface area contributed by atoms with Crippen LogP contribution in [0.25, 0.3) is 0 Å². The molecule has 0 amide bonds. The smallest absolute Gasteiger partial charge is 0.0526 e. The lowest BCUT2D eigenvalue weighted by Gasteiger charge is -2.24. The Balaban J connectivity index is 2.64. The molecule has 1 aliphatic rings. The van der Waals surface area contributed by atoms with Crippen LogP contribution in [0.3, 0.4) is 0 Å². The molecule has 0 fully saturated rings. The molecule has 0 radical (unpaired) electrons. The lowest BCUT2D eigenvalue weighted by molar-refractivity contribution is 0.512. The van der Waals surface area contributed by atoms with Crippen LogP contribution in [0.5, 0.6) is 0 Å². The lowest BCUT2D eigenvalue weighted by atomic mass is 9.84. The minimum Gasteiger partial charge on any atom is -0.329 e. The maximum atomic E-state index is 8.82. The number of hydrogen-bond donors (Lipinski definition) is 1. The zero-order valence-electron chi connectivity index (χ0n) is 7.87. The van der Waals surface area contributed by atoms with E-state index in [9.17, 15) is 0 Å². The van der Waals surface area contributed by atoms with E-state index in [1.54, 1.807) is 0 Å². The molecule has 0 aromatic heterocycles. The van der Waals surface area contributed by atoms with Crippen LogP contribution >= 0.6 is 12.0 Å². The zero-order valence-corrected chi connectivity index (χ0v) is 8.69. The van der Waals surface area contributed by atoms with Gasteiger partial charge in [0.05, 0.1) is 5.25 Å². The number of allylic oxidation sites excluding steroid dienone is 3. The molecular formula is C10H16OS. The van der Waals surface area contributed by atoms with Crippen molar-refractivity contribution < 1.29 is 4.55 Å². The Morgan fingerprint density at radius 1 is 1.50 bits per heavy atom. The van der Waals surface area contributed by atoms with Crippen LogP contribution in [-0.2, 0) is 0 Å². The highest BCUT2D eigenvalue weighted by atomic mass is 32.2. The molecule has 1 nitrogen and oxygen atoms in total. The first-order valence-electron chi connectivity index (χ1n) is 4.23. The summed E-state index contributed by atoms with van der Waals surface area (Å²) < 4.78 is 8.82. The van der Waals surface area contributed by atoms with Gasteiger partial charge in [-0.2, -0.15) is 0 Å². The molecular weight excluding hydrogens is 168 g/mol. The monoisotopic (exact) mass is 184 g/mol. The van der Waals surface area contributed by atoms with Gasteiger partial charge < -0.3 is 4.55 Å². The fourth-order valence-corrected chi connectivity index (χ4v) is 1.57. The fraction of sp³-hybridized carbons (Fsp3) is 0.600. The molecule has 0 saturated heterocycles. The highest BCUT2D eigenvalue weighted by molar-refractivity contribution is 7.94. The Morgan fingerprint density at radius 2 is 2.17 bits per heavy atom. The Morgan fingerprint density at radius 3 is 2.50 bits per heavy atom. The van der Waals surface area contributed by atoms with Gasteiger partial charge >= 0.3 is 0 Å². The summed E-state index contributed by atoms with van der Waals surface area (Å²) in [4.78, 5) is 0. The van der Waals surface area contributed by atoms with Crippen LogP contribution in [-0.4, -0.2) is 9.80 Å². The second-order valence-electron chi connectivity index (χ2n) is 4.15. The van der Waals surface area contributed by atoms with Gasteiger partial charge in [-0.1, -0.05) is 39.0 Å². The van der Waals surface area contributed by atoms with Gasteiger partial charge in [0.15, 0.2) is 0 Å². The summed E-state index contributed by atoms with van der Waals surface area (Å²) in [6.07, 6.45) is 7.36. The molecule has 0 aliphatic heterocycles. The van der Waals surface area contributed by atoms with E-state index in [1.165, 1.54) is 5.57 Å². The highest BCUT2D eigenvalue weighted by Crippen LogP contribution is 2.31. The average Bonchev–Trinajstić information content (AvgIpc) is 2.03. The molecule has 0 heterocycles. The predicted octanol–water partition coefficient (Wildman–Crippen LogP) is 3.49. The van der Waals surface area contributed by atoms with E-state index >= 15 is 0 Å². The Kier molecular flexibility index (Phi) is 3.02. The quantitative estimate of drug-likeness (QED) is 0.629. The van der Waals surface area contributed by atoms with Gasteiger partial charge in [-0.05, 0) is 29.5 Å². The first kappa shape index (κ1) is 9.87. The summed E-state index contributed by atoms with van der Waals surface area (Å²) in [5.41, 5.74) is 1.61. The van der Waals surface area contributed by atoms with Crippen LogP contribution in [0, 0.1) is 5.41 Å². The van der Waals surface area contributed by atoms with Crippen molar-refractivity contribution in [1.29, 1.82) is 0 Å². The van der Waals surface area contributed by atoms with E-state index < -0.39 is 0 Å². The Hall–Kier alpha value is -0.210. The van der Waals surface area contributed by atoms with Crippen molar-refractivity contribution in [2.24, 2.45) is 5.41 Å². The molecule has 1 rings (SSSR count). The number of rotatable bonds is 1. The van der Waals surface area contributed by atoms with Gasteiger partial charge in [0.1, 0.15) is 0 Å². The van der Waals surface area contributed by atoms with Crippen LogP contribution in [0.2, 0.25) is 0 Å². The van der Waals surface area contributed by atoms with Gasteiger partial charge in [-0.3, -0.25) is 0 Å². The highest BCUT2D eigenvalue weighted by Gasteiger charge is 2.18. The molecule has 0 spiro atoms. The van der Waals surface area contributed by atoms with Crippen LogP contribution in [0.15, 0.2) is 23.8 Å². The summed E-state index contributed by atoms with van der Waals surface area (Å²) in [7, 11) is 0.